The Hall–Kier alpha value is -0.770. The van der Waals surface area contributed by atoms with Gasteiger partial charge in [-0.15, -0.1) is 0 Å². The maximum absolute atomic E-state index is 11.5. The quantitative estimate of drug-likeness (QED) is 0.813. The Balaban J connectivity index is 1.63. The van der Waals surface area contributed by atoms with Crippen LogP contribution in [0.4, 0.5) is 0 Å². The van der Waals surface area contributed by atoms with Crippen LogP contribution < -0.4 is 10.6 Å². The van der Waals surface area contributed by atoms with Gasteiger partial charge in [0.15, 0.2) is 0 Å². The normalized spacial score (nSPS) is 14.4. The second-order valence-corrected chi connectivity index (χ2v) is 5.75. The van der Waals surface area contributed by atoms with Crippen molar-refractivity contribution in [3.8, 4) is 0 Å². The van der Waals surface area contributed by atoms with Crippen molar-refractivity contribution in [2.24, 2.45) is 5.92 Å². The van der Waals surface area contributed by atoms with E-state index in [1.54, 1.807) is 6.07 Å². The first kappa shape index (κ1) is 14.6. The summed E-state index contributed by atoms with van der Waals surface area (Å²) in [5, 5.41) is 7.31. The molecule has 19 heavy (non-hydrogen) atoms. The molecule has 5 heteroatoms. The summed E-state index contributed by atoms with van der Waals surface area (Å²) in [4.78, 5) is 11.5. The lowest BCUT2D eigenvalue weighted by Gasteiger charge is -2.07. The van der Waals surface area contributed by atoms with Crippen molar-refractivity contribution in [2.75, 3.05) is 19.6 Å². The van der Waals surface area contributed by atoms with Crippen LogP contribution in [0.3, 0.4) is 0 Å². The fraction of sp³-hybridized carbons (Fsp3) is 0.500. The fourth-order valence-electron chi connectivity index (χ4n) is 1.84. The number of carbonyl (C=O) groups is 1. The minimum Gasteiger partial charge on any atom is -0.355 e. The molecule has 0 spiro atoms. The van der Waals surface area contributed by atoms with Gasteiger partial charge in [0.2, 0.25) is 5.91 Å². The molecule has 0 radical (unpaired) electrons. The lowest BCUT2D eigenvalue weighted by Crippen LogP contribution is -2.35. The molecule has 0 saturated heterocycles. The average molecular weight is 301 g/mol. The monoisotopic (exact) mass is 300 g/mol. The first-order valence-electron chi connectivity index (χ1n) is 6.56. The van der Waals surface area contributed by atoms with Crippen molar-refractivity contribution in [1.29, 1.82) is 0 Å². The van der Waals surface area contributed by atoms with E-state index in [1.165, 1.54) is 12.8 Å². The smallest absolute Gasteiger partial charge is 0.233 e. The summed E-state index contributed by atoms with van der Waals surface area (Å²) in [6.45, 7) is 1.94. The van der Waals surface area contributed by atoms with Crippen LogP contribution in [0.25, 0.3) is 0 Å². The largest absolute Gasteiger partial charge is 0.355 e. The summed E-state index contributed by atoms with van der Waals surface area (Å²) >= 11 is 11.9. The predicted molar refractivity (Wildman–Crippen MR) is 78.8 cm³/mol. The molecular weight excluding hydrogens is 283 g/mol. The highest BCUT2D eigenvalue weighted by Crippen LogP contribution is 2.27. The molecule has 1 aromatic rings. The van der Waals surface area contributed by atoms with Crippen molar-refractivity contribution in [3.05, 3.63) is 33.8 Å². The highest BCUT2D eigenvalue weighted by molar-refractivity contribution is 6.35. The van der Waals surface area contributed by atoms with E-state index >= 15 is 0 Å². The topological polar surface area (TPSA) is 41.1 Å². The third-order valence-electron chi connectivity index (χ3n) is 3.15. The molecule has 2 rings (SSSR count). The molecular formula is C14H18Cl2N2O. The Morgan fingerprint density at radius 1 is 1.32 bits per heavy atom. The standard InChI is InChI=1S/C14H18Cl2N2O/c15-12-4-3-11(13(16)7-12)5-6-18-14(19)9-17-8-10-1-2-10/h3-4,7,10,17H,1-2,5-6,8-9H2,(H,18,19). The van der Waals surface area contributed by atoms with Crippen molar-refractivity contribution in [2.45, 2.75) is 19.3 Å². The molecule has 1 aliphatic carbocycles. The van der Waals surface area contributed by atoms with Gasteiger partial charge in [0.25, 0.3) is 0 Å². The van der Waals surface area contributed by atoms with Gasteiger partial charge in [-0.3, -0.25) is 4.79 Å². The molecule has 0 heterocycles. The number of nitrogens with one attached hydrogen (secondary N) is 2. The third kappa shape index (κ3) is 5.39. The molecule has 1 fully saturated rings. The van der Waals surface area contributed by atoms with E-state index in [0.717, 1.165) is 18.0 Å². The van der Waals surface area contributed by atoms with E-state index in [4.69, 9.17) is 23.2 Å². The molecule has 0 aromatic heterocycles. The summed E-state index contributed by atoms with van der Waals surface area (Å²) < 4.78 is 0. The van der Waals surface area contributed by atoms with Crippen LogP contribution in [0.15, 0.2) is 18.2 Å². The Kier molecular flexibility index (Phi) is 5.49. The fourth-order valence-corrected chi connectivity index (χ4v) is 2.34. The second kappa shape index (κ2) is 7.13. The zero-order chi connectivity index (χ0) is 13.7. The van der Waals surface area contributed by atoms with Crippen molar-refractivity contribution in [1.82, 2.24) is 10.6 Å². The Morgan fingerprint density at radius 2 is 2.11 bits per heavy atom. The Labute approximate surface area is 123 Å². The van der Waals surface area contributed by atoms with Crippen LogP contribution >= 0.6 is 23.2 Å². The van der Waals surface area contributed by atoms with Gasteiger partial charge in [0.1, 0.15) is 0 Å². The summed E-state index contributed by atoms with van der Waals surface area (Å²) in [5.41, 5.74) is 0.998. The number of hydrogen-bond donors (Lipinski definition) is 2. The molecule has 104 valence electrons. The first-order valence-corrected chi connectivity index (χ1v) is 7.32. The van der Waals surface area contributed by atoms with Gasteiger partial charge >= 0.3 is 0 Å². The van der Waals surface area contributed by atoms with E-state index < -0.39 is 0 Å². The number of halogens is 2. The maximum atomic E-state index is 11.5. The van der Waals surface area contributed by atoms with Gasteiger partial charge in [-0.2, -0.15) is 0 Å². The van der Waals surface area contributed by atoms with Gasteiger partial charge in [-0.1, -0.05) is 29.3 Å². The van der Waals surface area contributed by atoms with Crippen LogP contribution in [0.5, 0.6) is 0 Å². The lowest BCUT2D eigenvalue weighted by atomic mass is 10.1. The molecule has 1 aliphatic rings. The van der Waals surface area contributed by atoms with Crippen LogP contribution in [0.2, 0.25) is 10.0 Å². The molecule has 1 amide bonds. The Bertz CT molecular complexity index is 447. The summed E-state index contributed by atoms with van der Waals surface area (Å²) in [6, 6.07) is 5.42. The van der Waals surface area contributed by atoms with E-state index in [1.807, 2.05) is 12.1 Å². The number of carbonyl (C=O) groups excluding carboxylic acids is 1. The number of rotatable bonds is 7. The molecule has 3 nitrogen and oxygen atoms in total. The summed E-state index contributed by atoms with van der Waals surface area (Å²) in [5.74, 6) is 0.825. The van der Waals surface area contributed by atoms with E-state index in [-0.39, 0.29) is 5.91 Å². The number of hydrogen-bond acceptors (Lipinski definition) is 2. The highest BCUT2D eigenvalue weighted by atomic mass is 35.5. The van der Waals surface area contributed by atoms with E-state index in [9.17, 15) is 4.79 Å². The first-order chi connectivity index (χ1) is 9.15. The minimum absolute atomic E-state index is 0.0331. The third-order valence-corrected chi connectivity index (χ3v) is 3.73. The molecule has 0 bridgehead atoms. The molecule has 1 saturated carbocycles. The Morgan fingerprint density at radius 3 is 2.79 bits per heavy atom. The van der Waals surface area contributed by atoms with Crippen molar-refractivity contribution >= 4 is 29.1 Å². The van der Waals surface area contributed by atoms with Gasteiger partial charge in [-0.05, 0) is 49.4 Å². The van der Waals surface area contributed by atoms with Crippen LogP contribution in [-0.2, 0) is 11.2 Å². The van der Waals surface area contributed by atoms with Crippen molar-refractivity contribution in [3.63, 3.8) is 0 Å². The number of benzene rings is 1. The predicted octanol–water partition coefficient (Wildman–Crippen LogP) is 2.65. The van der Waals surface area contributed by atoms with Crippen LogP contribution in [-0.4, -0.2) is 25.5 Å². The van der Waals surface area contributed by atoms with Gasteiger partial charge in [0, 0.05) is 16.6 Å². The summed E-state index contributed by atoms with van der Waals surface area (Å²) in [6.07, 6.45) is 3.30. The SMILES string of the molecule is O=C(CNCC1CC1)NCCc1ccc(Cl)cc1Cl. The highest BCUT2D eigenvalue weighted by Gasteiger charge is 2.20. The van der Waals surface area contributed by atoms with Crippen molar-refractivity contribution < 1.29 is 4.79 Å². The zero-order valence-corrected chi connectivity index (χ0v) is 12.2. The average Bonchev–Trinajstić information content (AvgIpc) is 3.16. The minimum atomic E-state index is 0.0331. The van der Waals surface area contributed by atoms with Crippen LogP contribution in [0, 0.1) is 5.92 Å². The maximum Gasteiger partial charge on any atom is 0.233 e. The van der Waals surface area contributed by atoms with Gasteiger partial charge < -0.3 is 10.6 Å². The molecule has 2 N–H and O–H groups in total. The second-order valence-electron chi connectivity index (χ2n) is 4.91. The van der Waals surface area contributed by atoms with E-state index in [2.05, 4.69) is 10.6 Å². The summed E-state index contributed by atoms with van der Waals surface area (Å²) in [7, 11) is 0. The van der Waals surface area contributed by atoms with E-state index in [0.29, 0.717) is 29.6 Å². The molecule has 0 aliphatic heterocycles. The molecule has 1 aromatic carbocycles. The van der Waals surface area contributed by atoms with Crippen LogP contribution in [0.1, 0.15) is 18.4 Å². The van der Waals surface area contributed by atoms with Gasteiger partial charge in [-0.25, -0.2) is 0 Å². The lowest BCUT2D eigenvalue weighted by molar-refractivity contribution is -0.120. The molecule has 0 atom stereocenters. The van der Waals surface area contributed by atoms with Gasteiger partial charge in [0.05, 0.1) is 6.54 Å². The molecule has 0 unspecified atom stereocenters. The zero-order valence-electron chi connectivity index (χ0n) is 10.7. The number of amides is 1.